The zero-order valence-corrected chi connectivity index (χ0v) is 14.2. The van der Waals surface area contributed by atoms with E-state index in [0.717, 1.165) is 31.3 Å². The van der Waals surface area contributed by atoms with Gasteiger partial charge in [0.25, 0.3) is 0 Å². The third-order valence-corrected chi connectivity index (χ3v) is 4.74. The van der Waals surface area contributed by atoms with Crippen LogP contribution in [0.3, 0.4) is 0 Å². The minimum absolute atomic E-state index is 0.0240. The predicted octanol–water partition coefficient (Wildman–Crippen LogP) is 3.47. The molecule has 0 aromatic carbocycles. The summed E-state index contributed by atoms with van der Waals surface area (Å²) in [6.07, 6.45) is 8.17. The van der Waals surface area contributed by atoms with Gasteiger partial charge < -0.3 is 4.74 Å². The van der Waals surface area contributed by atoms with Crippen molar-refractivity contribution in [3.8, 4) is 18.2 Å². The molecule has 120 valence electrons. The highest BCUT2D eigenvalue weighted by Gasteiger charge is 2.34. The van der Waals surface area contributed by atoms with Crippen molar-refractivity contribution in [3.63, 3.8) is 0 Å². The van der Waals surface area contributed by atoms with E-state index in [4.69, 9.17) is 4.74 Å². The zero-order valence-electron chi connectivity index (χ0n) is 13.3. The molecule has 1 aliphatic rings. The highest BCUT2D eigenvalue weighted by Crippen LogP contribution is 2.39. The second kappa shape index (κ2) is 9.72. The van der Waals surface area contributed by atoms with Crippen molar-refractivity contribution in [2.75, 3.05) is 13.4 Å². The standard InChI is InChI=1S/C17H19N3O2S/c1-22-17(21)15(11-20)13-7-5-3-4-6-8-14(13)16(23-2)12(9-18)10-19/h8,13,15H,3-7H2,1-2H3/b14-8+. The summed E-state index contributed by atoms with van der Waals surface area (Å²) < 4.78 is 4.76. The first-order valence-electron chi connectivity index (χ1n) is 7.40. The van der Waals surface area contributed by atoms with Gasteiger partial charge in [-0.05, 0) is 31.1 Å². The molecule has 0 amide bonds. The van der Waals surface area contributed by atoms with Crippen LogP contribution in [0.5, 0.6) is 0 Å². The molecule has 23 heavy (non-hydrogen) atoms. The Morgan fingerprint density at radius 1 is 1.30 bits per heavy atom. The lowest BCUT2D eigenvalue weighted by molar-refractivity contribution is -0.144. The van der Waals surface area contributed by atoms with Crippen LogP contribution >= 0.6 is 11.8 Å². The van der Waals surface area contributed by atoms with E-state index >= 15 is 0 Å². The van der Waals surface area contributed by atoms with Crippen molar-refractivity contribution < 1.29 is 9.53 Å². The molecule has 0 saturated carbocycles. The smallest absolute Gasteiger partial charge is 0.323 e. The van der Waals surface area contributed by atoms with E-state index in [0.29, 0.717) is 11.3 Å². The second-order valence-electron chi connectivity index (χ2n) is 5.17. The van der Waals surface area contributed by atoms with E-state index in [1.165, 1.54) is 18.9 Å². The van der Waals surface area contributed by atoms with Crippen LogP contribution in [0.4, 0.5) is 0 Å². The van der Waals surface area contributed by atoms with Gasteiger partial charge in [-0.15, -0.1) is 11.8 Å². The Morgan fingerprint density at radius 2 is 2.00 bits per heavy atom. The number of hydrogen-bond acceptors (Lipinski definition) is 6. The van der Waals surface area contributed by atoms with Crippen LogP contribution < -0.4 is 0 Å². The van der Waals surface area contributed by atoms with Crippen LogP contribution in [0.2, 0.25) is 0 Å². The summed E-state index contributed by atoms with van der Waals surface area (Å²) >= 11 is 1.31. The lowest BCUT2D eigenvalue weighted by Gasteiger charge is -2.26. The fraction of sp³-hybridized carbons (Fsp3) is 0.529. The molecular formula is C17H19N3O2S. The van der Waals surface area contributed by atoms with E-state index in [9.17, 15) is 20.6 Å². The van der Waals surface area contributed by atoms with Crippen molar-refractivity contribution in [1.82, 2.24) is 0 Å². The molecule has 1 rings (SSSR count). The van der Waals surface area contributed by atoms with E-state index in [1.807, 2.05) is 24.3 Å². The minimum atomic E-state index is -0.926. The van der Waals surface area contributed by atoms with Crippen molar-refractivity contribution in [1.29, 1.82) is 15.8 Å². The Hall–Kier alpha value is -2.23. The number of ether oxygens (including phenoxy) is 1. The Kier molecular flexibility index (Phi) is 7.95. The van der Waals surface area contributed by atoms with Crippen LogP contribution in [0.15, 0.2) is 22.1 Å². The molecule has 0 radical (unpaired) electrons. The van der Waals surface area contributed by atoms with Crippen molar-refractivity contribution in [3.05, 3.63) is 22.1 Å². The van der Waals surface area contributed by atoms with Gasteiger partial charge in [0.15, 0.2) is 5.92 Å². The molecule has 6 heteroatoms. The van der Waals surface area contributed by atoms with Gasteiger partial charge in [0.2, 0.25) is 0 Å². The van der Waals surface area contributed by atoms with E-state index < -0.39 is 11.9 Å². The predicted molar refractivity (Wildman–Crippen MR) is 87.5 cm³/mol. The quantitative estimate of drug-likeness (QED) is 0.578. The topological polar surface area (TPSA) is 97.7 Å². The second-order valence-corrected chi connectivity index (χ2v) is 5.98. The highest BCUT2D eigenvalue weighted by atomic mass is 32.2. The molecule has 2 unspecified atom stereocenters. The largest absolute Gasteiger partial charge is 0.468 e. The Morgan fingerprint density at radius 3 is 2.52 bits per heavy atom. The number of carbonyl (C=O) groups is 1. The first-order chi connectivity index (χ1) is 11.1. The molecule has 0 aromatic heterocycles. The van der Waals surface area contributed by atoms with Gasteiger partial charge in [-0.2, -0.15) is 15.8 Å². The van der Waals surface area contributed by atoms with Crippen LogP contribution in [-0.2, 0) is 9.53 Å². The molecule has 0 bridgehead atoms. The summed E-state index contributed by atoms with van der Waals surface area (Å²) in [7, 11) is 1.26. The van der Waals surface area contributed by atoms with E-state index in [1.54, 1.807) is 6.26 Å². The van der Waals surface area contributed by atoms with Crippen LogP contribution in [-0.4, -0.2) is 19.3 Å². The maximum absolute atomic E-state index is 12.0. The number of carbonyl (C=O) groups excluding carboxylic acids is 1. The SMILES string of the molecule is COC(=O)C(C#N)C1CCCCC/C=C\1C(SC)=C(C#N)C#N. The lowest BCUT2D eigenvalue weighted by Crippen LogP contribution is -2.26. The molecule has 0 aromatic rings. The maximum atomic E-state index is 12.0. The van der Waals surface area contributed by atoms with Gasteiger partial charge in [-0.3, -0.25) is 4.79 Å². The Bertz CT molecular complexity index is 616. The molecule has 0 N–H and O–H groups in total. The number of allylic oxidation sites excluding steroid dienone is 3. The maximum Gasteiger partial charge on any atom is 0.323 e. The number of methoxy groups -OCH3 is 1. The van der Waals surface area contributed by atoms with Crippen LogP contribution in [0, 0.1) is 45.8 Å². The monoisotopic (exact) mass is 329 g/mol. The van der Waals surface area contributed by atoms with Crippen molar-refractivity contribution in [2.24, 2.45) is 11.8 Å². The summed E-state index contributed by atoms with van der Waals surface area (Å²) in [4.78, 5) is 12.5. The molecule has 0 saturated heterocycles. The number of esters is 1. The van der Waals surface area contributed by atoms with Crippen LogP contribution in [0.25, 0.3) is 0 Å². The first-order valence-corrected chi connectivity index (χ1v) is 8.63. The van der Waals surface area contributed by atoms with Gasteiger partial charge in [0.05, 0.1) is 13.2 Å². The fourth-order valence-electron chi connectivity index (χ4n) is 2.78. The summed E-state index contributed by atoms with van der Waals surface area (Å²) in [5.41, 5.74) is 0.781. The number of hydrogen-bond donors (Lipinski definition) is 0. The normalized spacial score (nSPS) is 21.0. The van der Waals surface area contributed by atoms with Gasteiger partial charge in [0.1, 0.15) is 17.7 Å². The van der Waals surface area contributed by atoms with E-state index in [-0.39, 0.29) is 11.5 Å². The van der Waals surface area contributed by atoms with Gasteiger partial charge in [-0.1, -0.05) is 18.9 Å². The fourth-order valence-corrected chi connectivity index (χ4v) is 3.55. The number of rotatable bonds is 4. The number of nitriles is 3. The van der Waals surface area contributed by atoms with Crippen molar-refractivity contribution >= 4 is 17.7 Å². The van der Waals surface area contributed by atoms with Crippen LogP contribution in [0.1, 0.15) is 32.1 Å². The molecule has 5 nitrogen and oxygen atoms in total. The average molecular weight is 329 g/mol. The summed E-state index contributed by atoms with van der Waals surface area (Å²) in [5, 5.41) is 27.8. The summed E-state index contributed by atoms with van der Waals surface area (Å²) in [6, 6.07) is 5.87. The molecule has 0 fully saturated rings. The Balaban J connectivity index is 3.44. The van der Waals surface area contributed by atoms with Gasteiger partial charge >= 0.3 is 5.97 Å². The average Bonchev–Trinajstić information content (AvgIpc) is 2.55. The molecule has 0 spiro atoms. The Labute approximate surface area is 141 Å². The number of thioether (sulfide) groups is 1. The van der Waals surface area contributed by atoms with E-state index in [2.05, 4.69) is 0 Å². The third-order valence-electron chi connectivity index (χ3n) is 3.90. The number of nitrogens with zero attached hydrogens (tertiary/aromatic N) is 3. The molecular weight excluding hydrogens is 310 g/mol. The zero-order chi connectivity index (χ0) is 17.2. The summed E-state index contributed by atoms with van der Waals surface area (Å²) in [6.45, 7) is 0. The summed E-state index contributed by atoms with van der Waals surface area (Å²) in [5.74, 6) is -1.85. The minimum Gasteiger partial charge on any atom is -0.468 e. The van der Waals surface area contributed by atoms with Gasteiger partial charge in [0, 0.05) is 10.8 Å². The first kappa shape index (κ1) is 18.8. The molecule has 2 atom stereocenters. The lowest BCUT2D eigenvalue weighted by atomic mass is 9.79. The van der Waals surface area contributed by atoms with Gasteiger partial charge in [-0.25, -0.2) is 0 Å². The molecule has 1 aliphatic carbocycles. The third kappa shape index (κ3) is 4.62. The highest BCUT2D eigenvalue weighted by molar-refractivity contribution is 8.02. The van der Waals surface area contributed by atoms with Crippen molar-refractivity contribution in [2.45, 2.75) is 32.1 Å². The molecule has 0 heterocycles. The molecule has 0 aliphatic heterocycles.